The molecule has 0 spiro atoms. The molecule has 0 radical (unpaired) electrons. The minimum absolute atomic E-state index is 0.225. The standard InChI is InChI=1S/C7H6O3S/c8-6-4-2-1-3-11-5(4)7(9)10-6/h1,3-5H,2H2. The van der Waals surface area contributed by atoms with E-state index in [1.807, 2.05) is 11.5 Å². The summed E-state index contributed by atoms with van der Waals surface area (Å²) in [5.41, 5.74) is 0. The van der Waals surface area contributed by atoms with Crippen LogP contribution in [0.5, 0.6) is 0 Å². The molecule has 4 heteroatoms. The predicted molar refractivity (Wildman–Crippen MR) is 39.7 cm³/mol. The second-order valence-corrected chi connectivity index (χ2v) is 3.56. The van der Waals surface area contributed by atoms with Crippen LogP contribution in [0.25, 0.3) is 0 Å². The molecule has 2 aliphatic heterocycles. The molecule has 1 saturated heterocycles. The first kappa shape index (κ1) is 6.91. The summed E-state index contributed by atoms with van der Waals surface area (Å²) in [4.78, 5) is 21.8. The molecule has 2 unspecified atom stereocenters. The molecular formula is C7H6O3S. The summed E-state index contributed by atoms with van der Waals surface area (Å²) in [7, 11) is 0. The van der Waals surface area contributed by atoms with Gasteiger partial charge in [-0.1, -0.05) is 6.08 Å². The molecule has 2 atom stereocenters. The number of allylic oxidation sites excluding steroid dienone is 1. The Labute approximate surface area is 67.8 Å². The quantitative estimate of drug-likeness (QED) is 0.396. The zero-order valence-electron chi connectivity index (χ0n) is 5.65. The van der Waals surface area contributed by atoms with Crippen molar-refractivity contribution in [3.05, 3.63) is 11.5 Å². The molecule has 3 nitrogen and oxygen atoms in total. The third-order valence-electron chi connectivity index (χ3n) is 1.81. The molecule has 2 aliphatic rings. The van der Waals surface area contributed by atoms with Gasteiger partial charge in [-0.25, -0.2) is 0 Å². The van der Waals surface area contributed by atoms with Crippen molar-refractivity contribution in [2.24, 2.45) is 5.92 Å². The van der Waals surface area contributed by atoms with Gasteiger partial charge in [0, 0.05) is 0 Å². The van der Waals surface area contributed by atoms with Gasteiger partial charge >= 0.3 is 11.9 Å². The number of ether oxygens (including phenoxy) is 1. The van der Waals surface area contributed by atoms with E-state index in [0.29, 0.717) is 6.42 Å². The van der Waals surface area contributed by atoms with Crippen molar-refractivity contribution in [1.29, 1.82) is 0 Å². The Morgan fingerprint density at radius 1 is 1.45 bits per heavy atom. The van der Waals surface area contributed by atoms with Gasteiger partial charge < -0.3 is 4.74 Å². The molecule has 0 aromatic carbocycles. The summed E-state index contributed by atoms with van der Waals surface area (Å²) in [6, 6.07) is 0. The maximum atomic E-state index is 10.9. The summed E-state index contributed by atoms with van der Waals surface area (Å²) in [5, 5.41) is 1.58. The maximum Gasteiger partial charge on any atom is 0.327 e. The van der Waals surface area contributed by atoms with Crippen LogP contribution in [0.15, 0.2) is 11.5 Å². The lowest BCUT2D eigenvalue weighted by Crippen LogP contribution is -2.20. The average Bonchev–Trinajstić information content (AvgIpc) is 2.30. The number of hydrogen-bond donors (Lipinski definition) is 0. The van der Waals surface area contributed by atoms with Gasteiger partial charge in [-0.3, -0.25) is 9.59 Å². The van der Waals surface area contributed by atoms with Crippen molar-refractivity contribution >= 4 is 23.7 Å². The highest BCUT2D eigenvalue weighted by Gasteiger charge is 2.44. The van der Waals surface area contributed by atoms with E-state index in [9.17, 15) is 9.59 Å². The van der Waals surface area contributed by atoms with E-state index < -0.39 is 0 Å². The lowest BCUT2D eigenvalue weighted by Gasteiger charge is -2.12. The molecular weight excluding hydrogens is 164 g/mol. The largest absolute Gasteiger partial charge is 0.392 e. The van der Waals surface area contributed by atoms with Crippen molar-refractivity contribution < 1.29 is 14.3 Å². The Balaban J connectivity index is 2.28. The van der Waals surface area contributed by atoms with E-state index in [1.54, 1.807) is 0 Å². The van der Waals surface area contributed by atoms with Gasteiger partial charge in [0.2, 0.25) is 0 Å². The summed E-state index contributed by atoms with van der Waals surface area (Å²) in [5.74, 6) is -0.969. The summed E-state index contributed by atoms with van der Waals surface area (Å²) in [6.45, 7) is 0. The number of carbonyl (C=O) groups excluding carboxylic acids is 2. The lowest BCUT2D eigenvalue weighted by atomic mass is 10.0. The van der Waals surface area contributed by atoms with Crippen LogP contribution in [0.3, 0.4) is 0 Å². The molecule has 1 fully saturated rings. The van der Waals surface area contributed by atoms with E-state index in [2.05, 4.69) is 4.74 Å². The Bertz CT molecular complexity index is 222. The van der Waals surface area contributed by atoms with Crippen molar-refractivity contribution in [3.63, 3.8) is 0 Å². The van der Waals surface area contributed by atoms with Crippen molar-refractivity contribution in [3.8, 4) is 0 Å². The fraction of sp³-hybridized carbons (Fsp3) is 0.429. The molecule has 0 aromatic rings. The van der Waals surface area contributed by atoms with Gasteiger partial charge in [-0.15, -0.1) is 11.8 Å². The highest BCUT2D eigenvalue weighted by molar-refractivity contribution is 8.03. The second-order valence-electron chi connectivity index (χ2n) is 2.51. The van der Waals surface area contributed by atoms with Crippen molar-refractivity contribution in [2.75, 3.05) is 0 Å². The Kier molecular flexibility index (Phi) is 1.49. The Morgan fingerprint density at radius 2 is 2.27 bits per heavy atom. The zero-order chi connectivity index (χ0) is 7.84. The van der Waals surface area contributed by atoms with E-state index in [1.165, 1.54) is 11.8 Å². The normalized spacial score (nSPS) is 35.3. The molecule has 58 valence electrons. The number of cyclic esters (lactones) is 2. The monoisotopic (exact) mass is 170 g/mol. The molecule has 11 heavy (non-hydrogen) atoms. The number of rotatable bonds is 0. The highest BCUT2D eigenvalue weighted by Crippen LogP contribution is 2.35. The van der Waals surface area contributed by atoms with Crippen LogP contribution in [0.2, 0.25) is 0 Å². The minimum atomic E-state index is -0.380. The van der Waals surface area contributed by atoms with Crippen LogP contribution >= 0.6 is 11.8 Å². The summed E-state index contributed by atoms with van der Waals surface area (Å²) >= 11 is 1.37. The van der Waals surface area contributed by atoms with Gasteiger partial charge in [0.05, 0.1) is 5.92 Å². The number of hydrogen-bond acceptors (Lipinski definition) is 4. The van der Waals surface area contributed by atoms with E-state index in [0.717, 1.165) is 0 Å². The van der Waals surface area contributed by atoms with Crippen LogP contribution in [0.1, 0.15) is 6.42 Å². The predicted octanol–water partition coefficient (Wildman–Crippen LogP) is 0.705. The fourth-order valence-corrected chi connectivity index (χ4v) is 2.20. The van der Waals surface area contributed by atoms with Crippen LogP contribution in [-0.2, 0) is 14.3 Å². The van der Waals surface area contributed by atoms with Gasteiger partial charge in [0.1, 0.15) is 5.25 Å². The number of esters is 2. The SMILES string of the molecule is O=C1OC(=O)C2SC=CCC12. The van der Waals surface area contributed by atoms with E-state index in [4.69, 9.17) is 0 Å². The van der Waals surface area contributed by atoms with Crippen molar-refractivity contribution in [1.82, 2.24) is 0 Å². The van der Waals surface area contributed by atoms with Gasteiger partial charge in [-0.05, 0) is 11.8 Å². The third kappa shape index (κ3) is 0.976. The molecule has 0 saturated carbocycles. The minimum Gasteiger partial charge on any atom is -0.392 e. The lowest BCUT2D eigenvalue weighted by molar-refractivity contribution is -0.152. The molecule has 0 aromatic heterocycles. The first-order valence-electron chi connectivity index (χ1n) is 3.35. The Morgan fingerprint density at radius 3 is 3.00 bits per heavy atom. The topological polar surface area (TPSA) is 43.4 Å². The first-order valence-corrected chi connectivity index (χ1v) is 4.29. The highest BCUT2D eigenvalue weighted by atomic mass is 32.2. The number of thioether (sulfide) groups is 1. The summed E-state index contributed by atoms with van der Waals surface area (Å²) in [6.07, 6.45) is 2.54. The molecule has 2 rings (SSSR count). The molecule has 0 N–H and O–H groups in total. The van der Waals surface area contributed by atoms with E-state index in [-0.39, 0.29) is 23.1 Å². The van der Waals surface area contributed by atoms with E-state index >= 15 is 0 Å². The number of fused-ring (bicyclic) bond motifs is 1. The van der Waals surface area contributed by atoms with Crippen LogP contribution in [0.4, 0.5) is 0 Å². The third-order valence-corrected chi connectivity index (χ3v) is 2.98. The van der Waals surface area contributed by atoms with Crippen LogP contribution < -0.4 is 0 Å². The van der Waals surface area contributed by atoms with Crippen LogP contribution in [-0.4, -0.2) is 17.2 Å². The summed E-state index contributed by atoms with van der Waals surface area (Å²) < 4.78 is 4.47. The maximum absolute atomic E-state index is 10.9. The van der Waals surface area contributed by atoms with Gasteiger partial charge in [0.25, 0.3) is 0 Å². The van der Waals surface area contributed by atoms with Gasteiger partial charge in [-0.2, -0.15) is 0 Å². The number of carbonyl (C=O) groups is 2. The molecule has 0 bridgehead atoms. The first-order chi connectivity index (χ1) is 5.29. The Hall–Kier alpha value is -0.770. The zero-order valence-corrected chi connectivity index (χ0v) is 6.47. The smallest absolute Gasteiger partial charge is 0.327 e. The molecule has 2 heterocycles. The molecule has 0 amide bonds. The molecule has 0 aliphatic carbocycles. The average molecular weight is 170 g/mol. The van der Waals surface area contributed by atoms with Crippen molar-refractivity contribution in [2.45, 2.75) is 11.7 Å². The van der Waals surface area contributed by atoms with Gasteiger partial charge in [0.15, 0.2) is 0 Å². The van der Waals surface area contributed by atoms with Crippen LogP contribution in [0, 0.1) is 5.92 Å². The fourth-order valence-electron chi connectivity index (χ4n) is 1.23. The second kappa shape index (κ2) is 2.37.